The number of ether oxygens (including phenoxy) is 3. The van der Waals surface area contributed by atoms with Gasteiger partial charge in [-0.25, -0.2) is 9.97 Å². The molecular weight excluding hydrogens is 491 g/mol. The van der Waals surface area contributed by atoms with Gasteiger partial charge in [-0.2, -0.15) is 0 Å². The standard InChI is InChI=1S/C25H24Cl2N4O4/c1-5-20(32)29-15-7-6-8-16(15)30-25-28-12-14-9-13(10-19(35-4)24(14)31-25)21-22(26)17(33-2)11-18(34-3)23(21)27/h1,9-12,15-16H,6-8H2,2-4H3,(H,29,32)(H,28,30,31)/t15-,16+/m0/s1. The van der Waals surface area contributed by atoms with Crippen LogP contribution in [0.15, 0.2) is 24.4 Å². The van der Waals surface area contributed by atoms with Crippen LogP contribution in [0.1, 0.15) is 19.3 Å². The molecule has 2 aromatic carbocycles. The number of carbonyl (C=O) groups is 1. The minimum absolute atomic E-state index is 0.0307. The molecule has 1 saturated carbocycles. The summed E-state index contributed by atoms with van der Waals surface area (Å²) in [5.74, 6) is 3.47. The molecule has 1 aromatic heterocycles. The highest BCUT2D eigenvalue weighted by molar-refractivity contribution is 6.41. The number of nitrogens with one attached hydrogen (secondary N) is 2. The summed E-state index contributed by atoms with van der Waals surface area (Å²) in [4.78, 5) is 20.8. The summed E-state index contributed by atoms with van der Waals surface area (Å²) in [5.41, 5.74) is 1.85. The van der Waals surface area contributed by atoms with Crippen LogP contribution in [-0.2, 0) is 4.79 Å². The number of terminal acetylenes is 1. The third kappa shape index (κ3) is 4.88. The van der Waals surface area contributed by atoms with Crippen LogP contribution in [0.2, 0.25) is 10.0 Å². The Bertz CT molecular complexity index is 1300. The third-order valence-corrected chi connectivity index (χ3v) is 6.76. The van der Waals surface area contributed by atoms with Crippen molar-refractivity contribution < 1.29 is 19.0 Å². The number of carbonyl (C=O) groups excluding carboxylic acids is 1. The zero-order valence-electron chi connectivity index (χ0n) is 19.4. The highest BCUT2D eigenvalue weighted by Gasteiger charge is 2.29. The van der Waals surface area contributed by atoms with Gasteiger partial charge < -0.3 is 24.8 Å². The minimum atomic E-state index is -0.427. The van der Waals surface area contributed by atoms with Gasteiger partial charge in [-0.1, -0.05) is 23.2 Å². The molecule has 8 nitrogen and oxygen atoms in total. The second-order valence-corrected chi connectivity index (χ2v) is 8.76. The summed E-state index contributed by atoms with van der Waals surface area (Å²) in [5, 5.41) is 7.59. The van der Waals surface area contributed by atoms with E-state index in [0.29, 0.717) is 49.9 Å². The first kappa shape index (κ1) is 24.7. The first-order valence-corrected chi connectivity index (χ1v) is 11.6. The van der Waals surface area contributed by atoms with Crippen LogP contribution in [0, 0.1) is 12.3 Å². The van der Waals surface area contributed by atoms with Gasteiger partial charge >= 0.3 is 0 Å². The van der Waals surface area contributed by atoms with Crippen molar-refractivity contribution in [3.8, 4) is 40.7 Å². The molecule has 0 radical (unpaired) electrons. The summed E-state index contributed by atoms with van der Waals surface area (Å²) in [7, 11) is 4.61. The normalized spacial score (nSPS) is 17.0. The van der Waals surface area contributed by atoms with Gasteiger partial charge in [0.25, 0.3) is 5.91 Å². The predicted octanol–water partition coefficient (Wildman–Crippen LogP) is 4.71. The van der Waals surface area contributed by atoms with E-state index >= 15 is 0 Å². The van der Waals surface area contributed by atoms with E-state index in [1.165, 1.54) is 14.2 Å². The molecule has 0 bridgehead atoms. The predicted molar refractivity (Wildman–Crippen MR) is 137 cm³/mol. The molecule has 1 fully saturated rings. The number of benzene rings is 2. The number of hydrogen-bond acceptors (Lipinski definition) is 7. The molecule has 3 aromatic rings. The van der Waals surface area contributed by atoms with Crippen molar-refractivity contribution in [2.75, 3.05) is 26.6 Å². The molecular formula is C25H24Cl2N4O4. The maximum atomic E-state index is 11.6. The molecule has 1 aliphatic carbocycles. The van der Waals surface area contributed by atoms with Gasteiger partial charge in [0.05, 0.1) is 31.4 Å². The Morgan fingerprint density at radius 2 is 1.69 bits per heavy atom. The van der Waals surface area contributed by atoms with Crippen molar-refractivity contribution in [2.45, 2.75) is 31.3 Å². The Balaban J connectivity index is 1.73. The smallest absolute Gasteiger partial charge is 0.295 e. The Kier molecular flexibility index (Phi) is 7.39. The number of methoxy groups -OCH3 is 3. The van der Waals surface area contributed by atoms with Crippen LogP contribution in [0.4, 0.5) is 5.95 Å². The molecule has 0 spiro atoms. The van der Waals surface area contributed by atoms with E-state index in [-0.39, 0.29) is 12.1 Å². The van der Waals surface area contributed by atoms with E-state index in [2.05, 4.69) is 26.5 Å². The lowest BCUT2D eigenvalue weighted by Gasteiger charge is -2.21. The number of amides is 1. The van der Waals surface area contributed by atoms with Crippen LogP contribution in [-0.4, -0.2) is 49.3 Å². The van der Waals surface area contributed by atoms with Crippen molar-refractivity contribution in [1.29, 1.82) is 0 Å². The van der Waals surface area contributed by atoms with Gasteiger partial charge in [0.1, 0.15) is 22.8 Å². The average molecular weight is 515 g/mol. The first-order valence-electron chi connectivity index (χ1n) is 10.9. The number of hydrogen-bond donors (Lipinski definition) is 2. The molecule has 4 rings (SSSR count). The summed E-state index contributed by atoms with van der Waals surface area (Å²) in [6.45, 7) is 0. The first-order chi connectivity index (χ1) is 16.9. The maximum Gasteiger partial charge on any atom is 0.295 e. The van der Waals surface area contributed by atoms with E-state index in [1.807, 2.05) is 6.07 Å². The lowest BCUT2D eigenvalue weighted by Crippen LogP contribution is -2.43. The number of aromatic nitrogens is 2. The molecule has 1 amide bonds. The van der Waals surface area contributed by atoms with Crippen LogP contribution in [0.5, 0.6) is 17.2 Å². The Morgan fingerprint density at radius 1 is 1.03 bits per heavy atom. The van der Waals surface area contributed by atoms with Crippen molar-refractivity contribution >= 4 is 46.0 Å². The Labute approximate surface area is 213 Å². The van der Waals surface area contributed by atoms with Crippen molar-refractivity contribution in [1.82, 2.24) is 15.3 Å². The monoisotopic (exact) mass is 514 g/mol. The Morgan fingerprint density at radius 3 is 2.31 bits per heavy atom. The van der Waals surface area contributed by atoms with Crippen molar-refractivity contribution in [3.63, 3.8) is 0 Å². The molecule has 1 heterocycles. The molecule has 0 unspecified atom stereocenters. The van der Waals surface area contributed by atoms with E-state index in [0.717, 1.165) is 24.6 Å². The molecule has 0 aliphatic heterocycles. The van der Waals surface area contributed by atoms with Gasteiger partial charge in [-0.3, -0.25) is 4.79 Å². The summed E-state index contributed by atoms with van der Waals surface area (Å²) in [6, 6.07) is 5.19. The molecule has 35 heavy (non-hydrogen) atoms. The molecule has 2 atom stereocenters. The fourth-order valence-electron chi connectivity index (χ4n) is 4.30. The van der Waals surface area contributed by atoms with Gasteiger partial charge in [0.15, 0.2) is 0 Å². The molecule has 10 heteroatoms. The molecule has 2 N–H and O–H groups in total. The van der Waals surface area contributed by atoms with Gasteiger partial charge in [0.2, 0.25) is 5.95 Å². The van der Waals surface area contributed by atoms with E-state index in [9.17, 15) is 4.79 Å². The average Bonchev–Trinajstić information content (AvgIpc) is 3.29. The SMILES string of the molecule is C#CC(=O)N[C@H]1CCC[C@H]1Nc1ncc2cc(-c3c(Cl)c(OC)cc(OC)c3Cl)cc(OC)c2n1. The number of anilines is 1. The summed E-state index contributed by atoms with van der Waals surface area (Å²) in [6.07, 6.45) is 9.54. The largest absolute Gasteiger partial charge is 0.495 e. The zero-order chi connectivity index (χ0) is 25.1. The fourth-order valence-corrected chi connectivity index (χ4v) is 5.02. The summed E-state index contributed by atoms with van der Waals surface area (Å²) >= 11 is 13.2. The third-order valence-electron chi connectivity index (χ3n) is 6.01. The highest BCUT2D eigenvalue weighted by atomic mass is 35.5. The molecule has 0 saturated heterocycles. The lowest BCUT2D eigenvalue weighted by atomic mass is 10.0. The van der Waals surface area contributed by atoms with E-state index in [1.54, 1.807) is 25.4 Å². The van der Waals surface area contributed by atoms with Gasteiger partial charge in [-0.05, 0) is 42.9 Å². The van der Waals surface area contributed by atoms with Crippen LogP contribution < -0.4 is 24.8 Å². The topological polar surface area (TPSA) is 94.6 Å². The minimum Gasteiger partial charge on any atom is -0.495 e. The van der Waals surface area contributed by atoms with Crippen molar-refractivity contribution in [2.24, 2.45) is 0 Å². The fraction of sp³-hybridized carbons (Fsp3) is 0.320. The van der Waals surface area contributed by atoms with E-state index < -0.39 is 5.91 Å². The lowest BCUT2D eigenvalue weighted by molar-refractivity contribution is -0.116. The second kappa shape index (κ2) is 10.5. The number of nitrogens with zero attached hydrogens (tertiary/aromatic N) is 2. The van der Waals surface area contributed by atoms with Gasteiger partial charge in [-0.15, -0.1) is 6.42 Å². The number of rotatable bonds is 7. The van der Waals surface area contributed by atoms with Crippen molar-refractivity contribution in [3.05, 3.63) is 34.4 Å². The summed E-state index contributed by atoms with van der Waals surface area (Å²) < 4.78 is 16.4. The highest BCUT2D eigenvalue weighted by Crippen LogP contribution is 2.47. The van der Waals surface area contributed by atoms with E-state index in [4.69, 9.17) is 43.8 Å². The van der Waals surface area contributed by atoms with Crippen LogP contribution in [0.25, 0.3) is 22.0 Å². The van der Waals surface area contributed by atoms with Crippen LogP contribution >= 0.6 is 23.2 Å². The number of fused-ring (bicyclic) bond motifs is 1. The van der Waals surface area contributed by atoms with Crippen LogP contribution in [0.3, 0.4) is 0 Å². The maximum absolute atomic E-state index is 11.6. The molecule has 182 valence electrons. The quantitative estimate of drug-likeness (QED) is 0.440. The number of halogens is 2. The Hall–Kier alpha value is -3.41. The second-order valence-electron chi connectivity index (χ2n) is 8.00. The molecule has 1 aliphatic rings. The van der Waals surface area contributed by atoms with Gasteiger partial charge in [0, 0.05) is 35.3 Å². The zero-order valence-corrected chi connectivity index (χ0v) is 21.0.